The molecule has 1 amide bonds. The molecule has 4 aliphatic heterocycles. The minimum Gasteiger partial charge on any atom is -0.507 e. The molecule has 0 spiro atoms. The van der Waals surface area contributed by atoms with Gasteiger partial charge in [-0.25, -0.2) is 0 Å². The summed E-state index contributed by atoms with van der Waals surface area (Å²) in [5, 5.41) is 37.0. The fourth-order valence-corrected chi connectivity index (χ4v) is 8.34. The highest BCUT2D eigenvalue weighted by Crippen LogP contribution is 2.49. The van der Waals surface area contributed by atoms with Crippen LogP contribution in [0.4, 0.5) is 0 Å². The van der Waals surface area contributed by atoms with Gasteiger partial charge in [0.2, 0.25) is 11.6 Å². The summed E-state index contributed by atoms with van der Waals surface area (Å²) in [5.41, 5.74) is -1.50. The monoisotopic (exact) mass is 808 g/mol. The Morgan fingerprint density at radius 3 is 2.14 bits per heavy atom. The second-order valence-electron chi connectivity index (χ2n) is 16.2. The predicted molar refractivity (Wildman–Crippen MR) is 210 cm³/mol. The van der Waals surface area contributed by atoms with Crippen molar-refractivity contribution in [3.05, 3.63) is 69.8 Å². The quantitative estimate of drug-likeness (QED) is 0.318. The Balaban J connectivity index is 1.69. The van der Waals surface area contributed by atoms with E-state index in [0.29, 0.717) is 0 Å². The van der Waals surface area contributed by atoms with E-state index >= 15 is 0 Å². The number of allylic oxidation sites excluding steroid dienone is 4. The second-order valence-corrected chi connectivity index (χ2v) is 16.2. The maximum absolute atomic E-state index is 14.9. The fourth-order valence-electron chi connectivity index (χ4n) is 8.34. The lowest BCUT2D eigenvalue weighted by Gasteiger charge is -2.39. The van der Waals surface area contributed by atoms with E-state index in [1.165, 1.54) is 53.2 Å². The van der Waals surface area contributed by atoms with Crippen molar-refractivity contribution in [2.45, 2.75) is 112 Å². The van der Waals surface area contributed by atoms with E-state index in [-0.39, 0.29) is 64.7 Å². The summed E-state index contributed by atoms with van der Waals surface area (Å²) < 4.78 is 29.4. The molecule has 0 saturated carbocycles. The number of methoxy groups -OCH3 is 1. The zero-order valence-electron chi connectivity index (χ0n) is 34.9. The number of aromatic hydroxyl groups is 1. The molecule has 4 N–H and O–H groups in total. The maximum atomic E-state index is 14.9. The van der Waals surface area contributed by atoms with Crippen LogP contribution in [-0.4, -0.2) is 112 Å². The summed E-state index contributed by atoms with van der Waals surface area (Å²) >= 11 is 0. The van der Waals surface area contributed by atoms with Gasteiger partial charge in [0.1, 0.15) is 29.0 Å². The van der Waals surface area contributed by atoms with Crippen molar-refractivity contribution in [3.63, 3.8) is 0 Å². The van der Waals surface area contributed by atoms with Gasteiger partial charge in [0.05, 0.1) is 53.5 Å². The molecule has 6 rings (SSSR count). The lowest BCUT2D eigenvalue weighted by Crippen LogP contribution is -2.49. The topological polar surface area (TPSA) is 207 Å². The van der Waals surface area contributed by atoms with Crippen molar-refractivity contribution in [2.75, 3.05) is 20.2 Å². The van der Waals surface area contributed by atoms with E-state index in [1.807, 2.05) is 0 Å². The van der Waals surface area contributed by atoms with Crippen molar-refractivity contribution < 1.29 is 63.0 Å². The molecule has 4 heterocycles. The number of benzene rings is 1. The summed E-state index contributed by atoms with van der Waals surface area (Å²) in [5.74, 6) is -9.14. The fraction of sp³-hybridized carbons (Fsp3) is 0.558. The smallest absolute Gasteiger partial charge is 0.312 e. The number of fused-ring (bicyclic) bond motifs is 14. The number of phenolic OH excluding ortho intramolecular Hbond substituents is 1. The van der Waals surface area contributed by atoms with E-state index < -0.39 is 94.4 Å². The molecule has 0 unspecified atom stereocenters. The Kier molecular flexibility index (Phi) is 13.1. The van der Waals surface area contributed by atoms with Crippen LogP contribution in [0, 0.1) is 30.6 Å². The first-order valence-electron chi connectivity index (χ1n) is 19.6. The second kappa shape index (κ2) is 17.2. The van der Waals surface area contributed by atoms with Crippen LogP contribution in [0.3, 0.4) is 0 Å². The van der Waals surface area contributed by atoms with Crippen molar-refractivity contribution in [1.82, 2.24) is 10.2 Å². The number of hydrogen-bond donors (Lipinski definition) is 4. The Hall–Kier alpha value is -4.83. The van der Waals surface area contributed by atoms with Gasteiger partial charge in [-0.3, -0.25) is 24.0 Å². The van der Waals surface area contributed by atoms with Gasteiger partial charge in [0.25, 0.3) is 11.7 Å². The molecule has 0 radical (unpaired) electrons. The van der Waals surface area contributed by atoms with E-state index in [4.69, 9.17) is 23.7 Å². The number of amides is 1. The van der Waals surface area contributed by atoms with Gasteiger partial charge in [-0.2, -0.15) is 0 Å². The van der Waals surface area contributed by atoms with Crippen molar-refractivity contribution in [1.29, 1.82) is 0 Å². The average molecular weight is 809 g/mol. The first kappa shape index (κ1) is 44.3. The Labute approximate surface area is 338 Å². The number of carbonyl (C=O) groups excluding carboxylic acids is 5. The van der Waals surface area contributed by atoms with Gasteiger partial charge < -0.3 is 49.2 Å². The van der Waals surface area contributed by atoms with Crippen LogP contribution in [0.5, 0.6) is 11.5 Å². The van der Waals surface area contributed by atoms with Crippen LogP contribution in [0.25, 0.3) is 0 Å². The third-order valence-corrected chi connectivity index (χ3v) is 11.7. The Morgan fingerprint density at radius 2 is 1.53 bits per heavy atom. The highest BCUT2D eigenvalue weighted by molar-refractivity contribution is 6.32. The maximum Gasteiger partial charge on any atom is 0.312 e. The molecule has 1 aliphatic carbocycles. The van der Waals surface area contributed by atoms with E-state index in [2.05, 4.69) is 5.32 Å². The van der Waals surface area contributed by atoms with Crippen LogP contribution in [0.15, 0.2) is 47.5 Å². The molecule has 58 heavy (non-hydrogen) atoms. The zero-order chi connectivity index (χ0) is 43.1. The molecule has 1 aromatic rings. The SMILES string of the molecule is CO[C@H]1C=CO[C@@]2(C)Oc3c(C)c(O)c4c(c3C2=O)C(=O)C(N2C[C@@H](C)O[C@@H](C)C2)=C(NC(=O)C(C)=CC=C[C@H](C)[C@H](O)[C@@H](C)[C@H](O)[C@H](C)[C@H](OC(C)=O)[C@@H]1C)C4=O. The number of hydrogen-bond acceptors (Lipinski definition) is 14. The highest BCUT2D eigenvalue weighted by Gasteiger charge is 2.53. The number of morpholine rings is 1. The molecule has 11 atom stereocenters. The molecule has 1 aromatic carbocycles. The van der Waals surface area contributed by atoms with Crippen molar-refractivity contribution in [3.8, 4) is 11.5 Å². The molecular weight excluding hydrogens is 752 g/mol. The number of phenols is 1. The number of rotatable bonds is 3. The number of carbonyl (C=O) groups is 5. The molecule has 0 aromatic heterocycles. The van der Waals surface area contributed by atoms with Crippen molar-refractivity contribution in [2.24, 2.45) is 23.7 Å². The summed E-state index contributed by atoms with van der Waals surface area (Å²) in [6.45, 7) is 16.4. The molecule has 15 nitrogen and oxygen atoms in total. The zero-order valence-corrected chi connectivity index (χ0v) is 34.9. The number of aliphatic hydroxyl groups excluding tert-OH is 2. The highest BCUT2D eigenvalue weighted by atomic mass is 16.7. The summed E-state index contributed by atoms with van der Waals surface area (Å²) in [7, 11) is 1.43. The van der Waals surface area contributed by atoms with Gasteiger partial charge in [-0.1, -0.05) is 45.9 Å². The van der Waals surface area contributed by atoms with Crippen LogP contribution >= 0.6 is 0 Å². The van der Waals surface area contributed by atoms with E-state index in [0.717, 1.165) is 0 Å². The molecule has 15 heteroatoms. The lowest BCUT2D eigenvalue weighted by molar-refractivity contribution is -0.160. The average Bonchev–Trinajstić information content (AvgIpc) is 3.42. The Morgan fingerprint density at radius 1 is 0.897 bits per heavy atom. The molecule has 1 fully saturated rings. The van der Waals surface area contributed by atoms with Crippen molar-refractivity contribution >= 4 is 29.2 Å². The minimum atomic E-state index is -2.08. The number of esters is 1. The largest absolute Gasteiger partial charge is 0.507 e. The summed E-state index contributed by atoms with van der Waals surface area (Å²) in [4.78, 5) is 71.6. The molecule has 5 bridgehead atoms. The summed E-state index contributed by atoms with van der Waals surface area (Å²) in [6.07, 6.45) is 2.69. The first-order chi connectivity index (χ1) is 27.1. The molecule has 316 valence electrons. The van der Waals surface area contributed by atoms with Gasteiger partial charge >= 0.3 is 11.8 Å². The van der Waals surface area contributed by atoms with Crippen LogP contribution in [0.1, 0.15) is 99.0 Å². The van der Waals surface area contributed by atoms with E-state index in [1.54, 1.807) is 58.6 Å². The van der Waals surface area contributed by atoms with Gasteiger partial charge in [0, 0.05) is 68.9 Å². The van der Waals surface area contributed by atoms with Crippen LogP contribution < -0.4 is 10.1 Å². The van der Waals surface area contributed by atoms with Crippen LogP contribution in [-0.2, 0) is 28.5 Å². The molecule has 5 aliphatic rings. The number of Topliss-reactive ketones (excluding diaryl/α,β-unsaturated/α-hetero) is 3. The number of aliphatic hydroxyl groups is 2. The number of ketones is 3. The third kappa shape index (κ3) is 8.22. The number of ether oxygens (including phenoxy) is 5. The van der Waals surface area contributed by atoms with Crippen LogP contribution in [0.2, 0.25) is 0 Å². The van der Waals surface area contributed by atoms with Gasteiger partial charge in [-0.15, -0.1) is 0 Å². The third-order valence-electron chi connectivity index (χ3n) is 11.7. The summed E-state index contributed by atoms with van der Waals surface area (Å²) in [6, 6.07) is 0. The Bertz CT molecular complexity index is 1970. The van der Waals surface area contributed by atoms with Gasteiger partial charge in [0.15, 0.2) is 0 Å². The minimum absolute atomic E-state index is 0.000252. The predicted octanol–water partition coefficient (Wildman–Crippen LogP) is 4.07. The first-order valence-corrected chi connectivity index (χ1v) is 19.6. The standard InChI is InChI=1S/C43H56N2O13/c1-19-13-12-14-20(2)42(53)44-32-33(45-17-21(3)56-22(4)18-45)38(51)29-30(37(32)50)36(49)26(8)40-31(29)41(52)43(10,58-40)55-16-15-28(54-11)23(5)39(57-27(9)46)25(7)35(48)24(6)34(19)47/h12-16,19,21-25,28,34-35,39,47-49H,17-18H2,1-11H3,(H,44,53)/t19-,21-,22+,23+,24+,25-,28-,34-,35-,39+,43-/m0/s1. The number of nitrogens with one attached hydrogen (secondary N) is 1. The normalized spacial score (nSPS) is 33.7. The lowest BCUT2D eigenvalue weighted by atomic mass is 9.78. The van der Waals surface area contributed by atoms with E-state index in [9.17, 15) is 39.3 Å². The molecular formula is C43H56N2O13. The molecule has 1 saturated heterocycles. The number of nitrogens with zero attached hydrogens (tertiary/aromatic N) is 1. The van der Waals surface area contributed by atoms with Gasteiger partial charge in [-0.05, 0) is 33.8 Å².